The molecule has 160 valence electrons. The van der Waals surface area contributed by atoms with Crippen LogP contribution in [0.15, 0.2) is 22.1 Å². The molecule has 0 saturated heterocycles. The van der Waals surface area contributed by atoms with E-state index in [1.54, 1.807) is 0 Å². The molecule has 0 bridgehead atoms. The molecule has 0 aliphatic rings. The molecular weight excluding hydrogens is 390 g/mol. The summed E-state index contributed by atoms with van der Waals surface area (Å²) < 4.78 is 18.9. The Kier molecular flexibility index (Phi) is 14.9. The van der Waals surface area contributed by atoms with E-state index in [0.29, 0.717) is 12.8 Å². The molecule has 29 heavy (non-hydrogen) atoms. The third-order valence-corrected chi connectivity index (χ3v) is 3.05. The molecule has 12 nitrogen and oxygen atoms in total. The van der Waals surface area contributed by atoms with Crippen LogP contribution in [0.5, 0.6) is 0 Å². The first-order valence-electron chi connectivity index (χ1n) is 8.50. The van der Waals surface area contributed by atoms with Crippen molar-refractivity contribution in [3.8, 4) is 0 Å². The number of esters is 2. The Hall–Kier alpha value is -3.33. The van der Waals surface area contributed by atoms with Gasteiger partial charge in [0, 0.05) is 5.57 Å². The third kappa shape index (κ3) is 14.4. The average molecular weight is 413 g/mol. The number of alkyl carbamates (subject to hydrolysis) is 1. The van der Waals surface area contributed by atoms with Gasteiger partial charge in [-0.05, 0) is 26.2 Å². The van der Waals surface area contributed by atoms with Gasteiger partial charge in [-0.15, -0.1) is 0 Å². The molecule has 1 atom stereocenters. The summed E-state index contributed by atoms with van der Waals surface area (Å²) in [5, 5.41) is 2.30. The number of nitrogens with one attached hydrogen (secondary N) is 1. The summed E-state index contributed by atoms with van der Waals surface area (Å²) in [6.07, 6.45) is 3.10. The van der Waals surface area contributed by atoms with Crippen LogP contribution in [0.3, 0.4) is 0 Å². The summed E-state index contributed by atoms with van der Waals surface area (Å²) in [6.45, 7) is 4.02. The predicted octanol–water partition coefficient (Wildman–Crippen LogP) is 0.517. The summed E-state index contributed by atoms with van der Waals surface area (Å²) >= 11 is 0. The van der Waals surface area contributed by atoms with E-state index in [-0.39, 0.29) is 31.7 Å². The summed E-state index contributed by atoms with van der Waals surface area (Å²) in [5.74, 6) is -1.38. The maximum atomic E-state index is 11.9. The predicted molar refractivity (Wildman–Crippen MR) is 95.9 cm³/mol. The van der Waals surface area contributed by atoms with Crippen LogP contribution in [0.4, 0.5) is 4.79 Å². The highest BCUT2D eigenvalue weighted by molar-refractivity contribution is 5.86. The highest BCUT2D eigenvalue weighted by atomic mass is 16.8. The van der Waals surface area contributed by atoms with Gasteiger partial charge in [0.25, 0.3) is 0 Å². The molecule has 0 fully saturated rings. The van der Waals surface area contributed by atoms with Crippen LogP contribution in [-0.2, 0) is 38.1 Å². The first kappa shape index (κ1) is 25.7. The summed E-state index contributed by atoms with van der Waals surface area (Å²) in [6, 6.07) is -1.02. The smallest absolute Gasteiger partial charge is 0.409 e. The SMILES string of the molecule is C=C(C)C(=O)OCOCOC(=O)NCCOC(=O)C(CCCCN=C=O)N=C=O. The standard InChI is InChI=1S/C17H23N3O9/c1-13(2)15(23)28-11-26-12-29-17(25)19-7-8-27-16(24)14(20-10-22)5-3-4-6-18-9-21/h14H,1,3-8,11-12H2,2H3,(H,19,25). The molecule has 0 aromatic carbocycles. The first-order valence-corrected chi connectivity index (χ1v) is 8.50. The molecule has 0 saturated carbocycles. The summed E-state index contributed by atoms with van der Waals surface area (Å²) in [4.78, 5) is 61.4. The minimum atomic E-state index is -1.02. The molecule has 0 rings (SSSR count). The van der Waals surface area contributed by atoms with E-state index in [1.165, 1.54) is 19.1 Å². The number of aliphatic imine (C=N–C) groups is 2. The van der Waals surface area contributed by atoms with E-state index in [4.69, 9.17) is 9.47 Å². The lowest BCUT2D eigenvalue weighted by Crippen LogP contribution is -2.31. The highest BCUT2D eigenvalue weighted by Gasteiger charge is 2.18. The van der Waals surface area contributed by atoms with Crippen LogP contribution in [0.2, 0.25) is 0 Å². The minimum absolute atomic E-state index is 0.0548. The lowest BCUT2D eigenvalue weighted by atomic mass is 10.1. The molecule has 0 aromatic heterocycles. The van der Waals surface area contributed by atoms with Crippen molar-refractivity contribution in [3.63, 3.8) is 0 Å². The largest absolute Gasteiger partial charge is 0.462 e. The Morgan fingerprint density at radius 2 is 1.79 bits per heavy atom. The number of isocyanates is 2. The number of rotatable bonds is 15. The number of hydrogen-bond donors (Lipinski definition) is 1. The van der Waals surface area contributed by atoms with Crippen molar-refractivity contribution in [3.05, 3.63) is 12.2 Å². The lowest BCUT2D eigenvalue weighted by molar-refractivity contribution is -0.159. The van der Waals surface area contributed by atoms with Crippen molar-refractivity contribution in [1.29, 1.82) is 0 Å². The Bertz CT molecular complexity index is 653. The minimum Gasteiger partial charge on any atom is -0.462 e. The number of carbonyl (C=O) groups excluding carboxylic acids is 5. The maximum Gasteiger partial charge on any atom is 0.409 e. The number of unbranched alkanes of at least 4 members (excludes halogenated alkanes) is 1. The number of carbonyl (C=O) groups is 3. The zero-order chi connectivity index (χ0) is 21.9. The Morgan fingerprint density at radius 1 is 1.07 bits per heavy atom. The van der Waals surface area contributed by atoms with E-state index in [0.717, 1.165) is 0 Å². The van der Waals surface area contributed by atoms with Gasteiger partial charge in [0.2, 0.25) is 12.2 Å². The van der Waals surface area contributed by atoms with Gasteiger partial charge >= 0.3 is 18.0 Å². The zero-order valence-electron chi connectivity index (χ0n) is 16.0. The van der Waals surface area contributed by atoms with E-state index in [2.05, 4.69) is 31.4 Å². The Labute approximate surface area is 166 Å². The number of ether oxygens (including phenoxy) is 4. The van der Waals surface area contributed by atoms with E-state index in [1.807, 2.05) is 0 Å². The second-order valence-electron chi connectivity index (χ2n) is 5.38. The molecule has 0 aliphatic carbocycles. The fourth-order valence-corrected chi connectivity index (χ4v) is 1.67. The van der Waals surface area contributed by atoms with E-state index >= 15 is 0 Å². The molecule has 12 heteroatoms. The van der Waals surface area contributed by atoms with E-state index in [9.17, 15) is 24.0 Å². The molecular formula is C17H23N3O9. The van der Waals surface area contributed by atoms with Gasteiger partial charge in [-0.25, -0.2) is 29.0 Å². The highest BCUT2D eigenvalue weighted by Crippen LogP contribution is 2.06. The van der Waals surface area contributed by atoms with Crippen molar-refractivity contribution in [2.75, 3.05) is 33.3 Å². The van der Waals surface area contributed by atoms with Gasteiger partial charge in [0.1, 0.15) is 6.61 Å². The lowest BCUT2D eigenvalue weighted by Gasteiger charge is -2.11. The molecule has 0 radical (unpaired) electrons. The van der Waals surface area contributed by atoms with Crippen molar-refractivity contribution >= 4 is 30.2 Å². The second kappa shape index (κ2) is 16.8. The number of amides is 1. The van der Waals surface area contributed by atoms with Gasteiger partial charge in [0.05, 0.1) is 13.1 Å². The van der Waals surface area contributed by atoms with Crippen LogP contribution in [0.1, 0.15) is 26.2 Å². The topological polar surface area (TPSA) is 159 Å². The molecule has 0 heterocycles. The molecule has 1 N–H and O–H groups in total. The number of hydrogen-bond acceptors (Lipinski definition) is 11. The summed E-state index contributed by atoms with van der Waals surface area (Å²) in [7, 11) is 0. The molecule has 1 unspecified atom stereocenters. The fourth-order valence-electron chi connectivity index (χ4n) is 1.67. The van der Waals surface area contributed by atoms with Crippen LogP contribution in [0, 0.1) is 0 Å². The van der Waals surface area contributed by atoms with Crippen molar-refractivity contribution in [2.45, 2.75) is 32.2 Å². The Morgan fingerprint density at radius 3 is 2.45 bits per heavy atom. The molecule has 0 spiro atoms. The van der Waals surface area contributed by atoms with Crippen LogP contribution < -0.4 is 5.32 Å². The van der Waals surface area contributed by atoms with Gasteiger partial charge < -0.3 is 24.3 Å². The third-order valence-electron chi connectivity index (χ3n) is 3.05. The fraction of sp³-hybridized carbons (Fsp3) is 0.588. The van der Waals surface area contributed by atoms with E-state index < -0.39 is 37.7 Å². The normalized spacial score (nSPS) is 10.5. The Balaban J connectivity index is 3.90. The average Bonchev–Trinajstić information content (AvgIpc) is 2.69. The quantitative estimate of drug-likeness (QED) is 0.0767. The monoisotopic (exact) mass is 413 g/mol. The zero-order valence-corrected chi connectivity index (χ0v) is 16.0. The van der Waals surface area contributed by atoms with Gasteiger partial charge in [-0.3, -0.25) is 0 Å². The van der Waals surface area contributed by atoms with Crippen molar-refractivity contribution in [1.82, 2.24) is 5.32 Å². The van der Waals surface area contributed by atoms with Gasteiger partial charge in [0.15, 0.2) is 19.6 Å². The van der Waals surface area contributed by atoms with Crippen molar-refractivity contribution in [2.24, 2.45) is 9.98 Å². The number of nitrogens with zero attached hydrogens (tertiary/aromatic N) is 2. The van der Waals surface area contributed by atoms with Crippen LogP contribution >= 0.6 is 0 Å². The van der Waals surface area contributed by atoms with Gasteiger partial charge in [-0.2, -0.15) is 4.99 Å². The second-order valence-corrected chi connectivity index (χ2v) is 5.38. The maximum absolute atomic E-state index is 11.9. The molecule has 0 aliphatic heterocycles. The van der Waals surface area contributed by atoms with Gasteiger partial charge in [-0.1, -0.05) is 6.58 Å². The van der Waals surface area contributed by atoms with Crippen LogP contribution in [-0.4, -0.2) is 69.5 Å². The van der Waals surface area contributed by atoms with Crippen molar-refractivity contribution < 1.29 is 42.9 Å². The molecule has 0 aromatic rings. The summed E-state index contributed by atoms with van der Waals surface area (Å²) in [5.41, 5.74) is 0.204. The van der Waals surface area contributed by atoms with Crippen LogP contribution in [0.25, 0.3) is 0 Å². The first-order chi connectivity index (χ1) is 13.9. The molecule has 1 amide bonds.